The van der Waals surface area contributed by atoms with Crippen LogP contribution in [0.15, 0.2) is 24.3 Å². The molecule has 1 aromatic carbocycles. The van der Waals surface area contributed by atoms with Gasteiger partial charge in [0.05, 0.1) is 24.2 Å². The van der Waals surface area contributed by atoms with E-state index in [1.54, 1.807) is 6.07 Å². The lowest BCUT2D eigenvalue weighted by atomic mass is 10.0. The minimum absolute atomic E-state index is 0.0114. The van der Waals surface area contributed by atoms with Gasteiger partial charge in [0, 0.05) is 0 Å². The Morgan fingerprint density at radius 3 is 2.47 bits per heavy atom. The van der Waals surface area contributed by atoms with Crippen LogP contribution in [0.2, 0.25) is 0 Å². The van der Waals surface area contributed by atoms with Gasteiger partial charge >= 0.3 is 6.18 Å². The zero-order chi connectivity index (χ0) is 11.5. The maximum absolute atomic E-state index is 12.0. The smallest absolute Gasteiger partial charge is 0.388 e. The second-order valence-corrected chi connectivity index (χ2v) is 3.03. The molecule has 0 aliphatic heterocycles. The van der Waals surface area contributed by atoms with Crippen LogP contribution in [0.25, 0.3) is 0 Å². The van der Waals surface area contributed by atoms with Gasteiger partial charge in [-0.1, -0.05) is 18.2 Å². The predicted octanol–water partition coefficient (Wildman–Crippen LogP) is 2.54. The molecule has 2 nitrogen and oxygen atoms in total. The van der Waals surface area contributed by atoms with Crippen LogP contribution < -0.4 is 0 Å². The Kier molecular flexibility index (Phi) is 3.32. The number of rotatable bonds is 2. The first-order chi connectivity index (χ1) is 6.94. The molecule has 5 heteroatoms. The molecule has 0 aromatic heterocycles. The van der Waals surface area contributed by atoms with E-state index in [0.717, 1.165) is 0 Å². The van der Waals surface area contributed by atoms with Gasteiger partial charge in [-0.25, -0.2) is 0 Å². The van der Waals surface area contributed by atoms with Crippen molar-refractivity contribution in [3.63, 3.8) is 0 Å². The largest absolute Gasteiger partial charge is 0.391 e. The average Bonchev–Trinajstić information content (AvgIpc) is 2.15. The van der Waals surface area contributed by atoms with E-state index in [1.807, 2.05) is 0 Å². The molecule has 0 saturated heterocycles. The molecule has 15 heavy (non-hydrogen) atoms. The summed E-state index contributed by atoms with van der Waals surface area (Å²) in [4.78, 5) is 0. The topological polar surface area (TPSA) is 44.0 Å². The molecule has 1 rings (SSSR count). The van der Waals surface area contributed by atoms with Crippen molar-refractivity contribution in [3.05, 3.63) is 35.4 Å². The van der Waals surface area contributed by atoms with Crippen LogP contribution >= 0.6 is 0 Å². The first kappa shape index (κ1) is 11.5. The van der Waals surface area contributed by atoms with Crippen LogP contribution in [-0.2, 0) is 0 Å². The predicted molar refractivity (Wildman–Crippen MR) is 46.8 cm³/mol. The lowest BCUT2D eigenvalue weighted by molar-refractivity contribution is -0.154. The van der Waals surface area contributed by atoms with E-state index in [9.17, 15) is 18.3 Å². The highest BCUT2D eigenvalue weighted by Crippen LogP contribution is 2.30. The van der Waals surface area contributed by atoms with Crippen molar-refractivity contribution in [2.45, 2.75) is 18.7 Å². The van der Waals surface area contributed by atoms with Gasteiger partial charge in [0.25, 0.3) is 0 Å². The van der Waals surface area contributed by atoms with Gasteiger partial charge in [0.15, 0.2) is 0 Å². The van der Waals surface area contributed by atoms with E-state index < -0.39 is 18.7 Å². The van der Waals surface area contributed by atoms with E-state index in [4.69, 9.17) is 5.26 Å². The van der Waals surface area contributed by atoms with Crippen LogP contribution in [0.5, 0.6) is 0 Å². The van der Waals surface area contributed by atoms with Crippen molar-refractivity contribution in [2.24, 2.45) is 0 Å². The fourth-order valence-corrected chi connectivity index (χ4v) is 1.22. The van der Waals surface area contributed by atoms with Crippen molar-refractivity contribution >= 4 is 0 Å². The highest BCUT2D eigenvalue weighted by Gasteiger charge is 2.32. The molecule has 0 aliphatic carbocycles. The summed E-state index contributed by atoms with van der Waals surface area (Å²) >= 11 is 0. The number of benzene rings is 1. The van der Waals surface area contributed by atoms with E-state index in [2.05, 4.69) is 0 Å². The number of nitrogens with zero attached hydrogens (tertiary/aromatic N) is 1. The highest BCUT2D eigenvalue weighted by atomic mass is 19.4. The molecule has 0 radical (unpaired) electrons. The zero-order valence-electron chi connectivity index (χ0n) is 7.62. The molecule has 80 valence electrons. The van der Waals surface area contributed by atoms with Gasteiger partial charge in [-0.15, -0.1) is 0 Å². The zero-order valence-corrected chi connectivity index (χ0v) is 7.62. The monoisotopic (exact) mass is 215 g/mol. The Morgan fingerprint density at radius 1 is 1.33 bits per heavy atom. The van der Waals surface area contributed by atoms with E-state index in [-0.39, 0.29) is 11.1 Å². The fourth-order valence-electron chi connectivity index (χ4n) is 1.22. The van der Waals surface area contributed by atoms with Crippen molar-refractivity contribution < 1.29 is 18.3 Å². The Hall–Kier alpha value is -1.54. The molecule has 0 amide bonds. The summed E-state index contributed by atoms with van der Waals surface area (Å²) in [7, 11) is 0. The quantitative estimate of drug-likeness (QED) is 0.823. The Bertz CT molecular complexity index is 381. The van der Waals surface area contributed by atoms with E-state index in [0.29, 0.717) is 0 Å². The van der Waals surface area contributed by atoms with Crippen molar-refractivity contribution in [1.82, 2.24) is 0 Å². The number of hydrogen-bond acceptors (Lipinski definition) is 2. The Balaban J connectivity index is 2.92. The first-order valence-corrected chi connectivity index (χ1v) is 4.18. The molecule has 1 N–H and O–H groups in total. The summed E-state index contributed by atoms with van der Waals surface area (Å²) in [6, 6.07) is 7.43. The molecule has 0 heterocycles. The summed E-state index contributed by atoms with van der Waals surface area (Å²) in [5, 5.41) is 17.9. The molecule has 0 saturated carbocycles. The molecule has 1 aromatic rings. The molecule has 1 atom stereocenters. The van der Waals surface area contributed by atoms with E-state index >= 15 is 0 Å². The van der Waals surface area contributed by atoms with Gasteiger partial charge in [-0.05, 0) is 11.6 Å². The molecular weight excluding hydrogens is 207 g/mol. The summed E-state index contributed by atoms with van der Waals surface area (Å²) in [6.45, 7) is 0. The molecule has 0 spiro atoms. The normalized spacial score (nSPS) is 13.3. The van der Waals surface area contributed by atoms with Crippen LogP contribution in [0.3, 0.4) is 0 Å². The van der Waals surface area contributed by atoms with Crippen LogP contribution in [0.1, 0.15) is 23.7 Å². The third kappa shape index (κ3) is 3.26. The fraction of sp³-hybridized carbons (Fsp3) is 0.300. The highest BCUT2D eigenvalue weighted by molar-refractivity contribution is 5.38. The number of aliphatic hydroxyl groups is 1. The van der Waals surface area contributed by atoms with Crippen LogP contribution in [-0.4, -0.2) is 11.3 Å². The van der Waals surface area contributed by atoms with Crippen molar-refractivity contribution in [3.8, 4) is 6.07 Å². The maximum atomic E-state index is 12.0. The van der Waals surface area contributed by atoms with Crippen molar-refractivity contribution in [1.29, 1.82) is 5.26 Å². The first-order valence-electron chi connectivity index (χ1n) is 4.18. The van der Waals surface area contributed by atoms with Crippen LogP contribution in [0.4, 0.5) is 13.2 Å². The molecular formula is C10H8F3NO. The van der Waals surface area contributed by atoms with Gasteiger partial charge in [-0.3, -0.25) is 0 Å². The maximum Gasteiger partial charge on any atom is 0.391 e. The summed E-state index contributed by atoms with van der Waals surface area (Å²) in [5.74, 6) is 0. The summed E-state index contributed by atoms with van der Waals surface area (Å²) in [5.41, 5.74) is 0.0755. The number of hydrogen-bond donors (Lipinski definition) is 1. The van der Waals surface area contributed by atoms with Gasteiger partial charge < -0.3 is 5.11 Å². The van der Waals surface area contributed by atoms with Gasteiger partial charge in [-0.2, -0.15) is 18.4 Å². The SMILES string of the molecule is N#Cc1ccccc1C(O)CC(F)(F)F. The standard InChI is InChI=1S/C10H8F3NO/c11-10(12,13)5-9(15)8-4-2-1-3-7(8)6-14/h1-4,9,15H,5H2. The third-order valence-electron chi connectivity index (χ3n) is 1.87. The lowest BCUT2D eigenvalue weighted by Crippen LogP contribution is -2.14. The number of aliphatic hydroxyl groups excluding tert-OH is 1. The summed E-state index contributed by atoms with van der Waals surface area (Å²) in [6.07, 6.45) is -7.46. The second kappa shape index (κ2) is 4.32. The molecule has 0 aliphatic rings. The van der Waals surface area contributed by atoms with E-state index in [1.165, 1.54) is 24.3 Å². The number of halogens is 3. The minimum atomic E-state index is -4.44. The van der Waals surface area contributed by atoms with Crippen LogP contribution in [0, 0.1) is 11.3 Å². The second-order valence-electron chi connectivity index (χ2n) is 3.03. The Labute approximate surface area is 84.6 Å². The molecule has 0 fully saturated rings. The lowest BCUT2D eigenvalue weighted by Gasteiger charge is -2.14. The van der Waals surface area contributed by atoms with Crippen molar-refractivity contribution in [2.75, 3.05) is 0 Å². The Morgan fingerprint density at radius 2 is 1.93 bits per heavy atom. The summed E-state index contributed by atoms with van der Waals surface area (Å²) < 4.78 is 36.0. The average molecular weight is 215 g/mol. The van der Waals surface area contributed by atoms with Gasteiger partial charge in [0.2, 0.25) is 0 Å². The van der Waals surface area contributed by atoms with Gasteiger partial charge in [0.1, 0.15) is 0 Å². The third-order valence-corrected chi connectivity index (χ3v) is 1.87. The number of alkyl halides is 3. The molecule has 1 unspecified atom stereocenters. The number of nitriles is 1. The minimum Gasteiger partial charge on any atom is -0.388 e. The molecule has 0 bridgehead atoms.